The van der Waals surface area contributed by atoms with Crippen molar-refractivity contribution in [3.63, 3.8) is 0 Å². The molecule has 0 aliphatic carbocycles. The van der Waals surface area contributed by atoms with Crippen molar-refractivity contribution in [3.8, 4) is 0 Å². The molecule has 1 aromatic carbocycles. The average Bonchev–Trinajstić information content (AvgIpc) is 3.05. The van der Waals surface area contributed by atoms with Gasteiger partial charge in [-0.25, -0.2) is 4.79 Å². The van der Waals surface area contributed by atoms with Crippen LogP contribution in [0.4, 0.5) is 5.69 Å². The molecule has 0 fully saturated rings. The Kier molecular flexibility index (Phi) is 6.24. The lowest BCUT2D eigenvalue weighted by Gasteiger charge is -2.08. The van der Waals surface area contributed by atoms with E-state index in [1.807, 2.05) is 48.0 Å². The van der Waals surface area contributed by atoms with Crippen molar-refractivity contribution in [2.75, 3.05) is 18.2 Å². The summed E-state index contributed by atoms with van der Waals surface area (Å²) in [4.78, 5) is 25.2. The second-order valence-corrected chi connectivity index (χ2v) is 6.03. The van der Waals surface area contributed by atoms with Crippen molar-refractivity contribution < 1.29 is 14.3 Å². The van der Waals surface area contributed by atoms with E-state index in [0.717, 1.165) is 9.77 Å². The maximum absolute atomic E-state index is 11.8. The molecule has 0 saturated carbocycles. The van der Waals surface area contributed by atoms with Crippen molar-refractivity contribution in [3.05, 3.63) is 52.7 Å². The van der Waals surface area contributed by atoms with Gasteiger partial charge in [-0.2, -0.15) is 0 Å². The van der Waals surface area contributed by atoms with Gasteiger partial charge >= 0.3 is 5.97 Å². The van der Waals surface area contributed by atoms with E-state index in [4.69, 9.17) is 4.74 Å². The molecule has 1 heterocycles. The van der Waals surface area contributed by atoms with Crippen LogP contribution in [0.3, 0.4) is 0 Å². The zero-order valence-corrected chi connectivity index (χ0v) is 13.6. The Morgan fingerprint density at radius 1 is 1.27 bits per heavy atom. The second kappa shape index (κ2) is 8.41. The van der Waals surface area contributed by atoms with E-state index < -0.39 is 5.97 Å². The quantitative estimate of drug-likeness (QED) is 0.498. The predicted octanol–water partition coefficient (Wildman–Crippen LogP) is 3.67. The lowest BCUT2D eigenvalue weighted by atomic mass is 10.3. The number of benzene rings is 1. The maximum atomic E-state index is 11.8. The molecule has 1 N–H and O–H groups in total. The van der Waals surface area contributed by atoms with Crippen LogP contribution in [0.25, 0.3) is 6.08 Å². The molecule has 1 aromatic heterocycles. The largest absolute Gasteiger partial charge is 0.452 e. The molecular formula is C16H15NO3S2. The molecule has 2 rings (SSSR count). The Bertz CT molecular complexity index is 666. The summed E-state index contributed by atoms with van der Waals surface area (Å²) in [6.45, 7) is -0.309. The van der Waals surface area contributed by atoms with Crippen LogP contribution in [0.2, 0.25) is 0 Å². The minimum Gasteiger partial charge on any atom is -0.452 e. The number of amides is 1. The Morgan fingerprint density at radius 2 is 2.09 bits per heavy atom. The van der Waals surface area contributed by atoms with Gasteiger partial charge < -0.3 is 10.1 Å². The molecule has 2 aromatic rings. The summed E-state index contributed by atoms with van der Waals surface area (Å²) in [5.74, 6) is -0.902. The Balaban J connectivity index is 1.81. The molecule has 0 radical (unpaired) electrons. The number of thioether (sulfide) groups is 1. The molecule has 0 atom stereocenters. The first kappa shape index (κ1) is 16.3. The summed E-state index contributed by atoms with van der Waals surface area (Å²) < 4.78 is 4.91. The highest BCUT2D eigenvalue weighted by Gasteiger charge is 2.08. The number of para-hydroxylation sites is 1. The van der Waals surface area contributed by atoms with Gasteiger partial charge in [0.15, 0.2) is 6.61 Å². The Morgan fingerprint density at radius 3 is 2.82 bits per heavy atom. The van der Waals surface area contributed by atoms with Crippen molar-refractivity contribution in [1.29, 1.82) is 0 Å². The minimum atomic E-state index is -0.540. The third-order valence-corrected chi connectivity index (χ3v) is 4.29. The lowest BCUT2D eigenvalue weighted by molar-refractivity contribution is -0.142. The first-order chi connectivity index (χ1) is 10.7. The summed E-state index contributed by atoms with van der Waals surface area (Å²) in [5.41, 5.74) is 0.713. The average molecular weight is 333 g/mol. The van der Waals surface area contributed by atoms with Gasteiger partial charge in [0.2, 0.25) is 0 Å². The topological polar surface area (TPSA) is 55.4 Å². The molecule has 1 amide bonds. The predicted molar refractivity (Wildman–Crippen MR) is 91.2 cm³/mol. The third-order valence-electron chi connectivity index (χ3n) is 2.65. The molecule has 0 bridgehead atoms. The number of thiophene rings is 1. The number of anilines is 1. The fourth-order valence-corrected chi connectivity index (χ4v) is 2.83. The number of hydrogen-bond donors (Lipinski definition) is 1. The number of carbonyl (C=O) groups is 2. The summed E-state index contributed by atoms with van der Waals surface area (Å²) in [7, 11) is 0. The van der Waals surface area contributed by atoms with Gasteiger partial charge in [-0.3, -0.25) is 4.79 Å². The summed E-state index contributed by atoms with van der Waals surface area (Å²) in [6, 6.07) is 11.2. The van der Waals surface area contributed by atoms with Crippen molar-refractivity contribution in [2.45, 2.75) is 4.90 Å². The molecule has 0 spiro atoms. The van der Waals surface area contributed by atoms with Gasteiger partial charge in [-0.05, 0) is 35.9 Å². The standard InChI is InChI=1S/C16H15NO3S2/c1-21-14-7-3-2-6-13(14)17-15(18)11-20-16(19)9-8-12-5-4-10-22-12/h2-10H,11H2,1H3,(H,17,18)/b9-8+. The number of esters is 1. The molecule has 114 valence electrons. The molecule has 22 heavy (non-hydrogen) atoms. The van der Waals surface area contributed by atoms with Crippen LogP contribution < -0.4 is 5.32 Å². The van der Waals surface area contributed by atoms with Crippen LogP contribution in [0.1, 0.15) is 4.88 Å². The molecule has 0 aliphatic rings. The van der Waals surface area contributed by atoms with Crippen LogP contribution in [0, 0.1) is 0 Å². The van der Waals surface area contributed by atoms with Crippen LogP contribution >= 0.6 is 23.1 Å². The number of ether oxygens (including phenoxy) is 1. The van der Waals surface area contributed by atoms with E-state index in [1.54, 1.807) is 6.08 Å². The van der Waals surface area contributed by atoms with Crippen molar-refractivity contribution in [2.24, 2.45) is 0 Å². The zero-order valence-electron chi connectivity index (χ0n) is 11.9. The first-order valence-corrected chi connectivity index (χ1v) is 8.60. The van der Waals surface area contributed by atoms with E-state index in [1.165, 1.54) is 29.2 Å². The Hall–Kier alpha value is -2.05. The number of carbonyl (C=O) groups excluding carboxylic acids is 2. The minimum absolute atomic E-state index is 0.309. The Labute approximate surface area is 137 Å². The van der Waals surface area contributed by atoms with Crippen molar-refractivity contribution in [1.82, 2.24) is 0 Å². The summed E-state index contributed by atoms with van der Waals surface area (Å²) in [6.07, 6.45) is 4.91. The molecule has 0 unspecified atom stereocenters. The van der Waals surface area contributed by atoms with Gasteiger partial charge in [-0.1, -0.05) is 18.2 Å². The number of hydrogen-bond acceptors (Lipinski definition) is 5. The number of nitrogens with one attached hydrogen (secondary N) is 1. The van der Waals surface area contributed by atoms with Crippen LogP contribution in [0.5, 0.6) is 0 Å². The molecule has 0 aliphatic heterocycles. The van der Waals surface area contributed by atoms with E-state index >= 15 is 0 Å². The highest BCUT2D eigenvalue weighted by molar-refractivity contribution is 7.98. The van der Waals surface area contributed by atoms with E-state index in [2.05, 4.69) is 5.32 Å². The summed E-state index contributed by atoms with van der Waals surface area (Å²) >= 11 is 3.05. The lowest BCUT2D eigenvalue weighted by Crippen LogP contribution is -2.20. The van der Waals surface area contributed by atoms with Gasteiger partial charge in [0.05, 0.1) is 5.69 Å². The highest BCUT2D eigenvalue weighted by Crippen LogP contribution is 2.24. The molecule has 6 heteroatoms. The van der Waals surface area contributed by atoms with E-state index in [-0.39, 0.29) is 12.5 Å². The SMILES string of the molecule is CSc1ccccc1NC(=O)COC(=O)/C=C/c1cccs1. The molecule has 0 saturated heterocycles. The monoisotopic (exact) mass is 333 g/mol. The third kappa shape index (κ3) is 5.05. The van der Waals surface area contributed by atoms with Crippen molar-refractivity contribution >= 4 is 46.7 Å². The van der Waals surface area contributed by atoms with E-state index in [9.17, 15) is 9.59 Å². The van der Waals surface area contributed by atoms with Gasteiger partial charge in [-0.15, -0.1) is 23.1 Å². The van der Waals surface area contributed by atoms with Crippen LogP contribution in [-0.2, 0) is 14.3 Å². The van der Waals surface area contributed by atoms with Crippen LogP contribution in [-0.4, -0.2) is 24.7 Å². The molecule has 4 nitrogen and oxygen atoms in total. The second-order valence-electron chi connectivity index (χ2n) is 4.20. The fourth-order valence-electron chi connectivity index (χ4n) is 1.66. The smallest absolute Gasteiger partial charge is 0.331 e. The first-order valence-electron chi connectivity index (χ1n) is 6.50. The van der Waals surface area contributed by atoms with Gasteiger partial charge in [0, 0.05) is 15.8 Å². The number of rotatable bonds is 6. The van der Waals surface area contributed by atoms with Crippen LogP contribution in [0.15, 0.2) is 52.7 Å². The summed E-state index contributed by atoms with van der Waals surface area (Å²) in [5, 5.41) is 4.65. The maximum Gasteiger partial charge on any atom is 0.331 e. The normalized spacial score (nSPS) is 10.6. The van der Waals surface area contributed by atoms with Gasteiger partial charge in [0.1, 0.15) is 0 Å². The van der Waals surface area contributed by atoms with E-state index in [0.29, 0.717) is 5.69 Å². The van der Waals surface area contributed by atoms with Gasteiger partial charge in [0.25, 0.3) is 5.91 Å². The highest BCUT2D eigenvalue weighted by atomic mass is 32.2. The zero-order chi connectivity index (χ0) is 15.8. The molecular weight excluding hydrogens is 318 g/mol. The fraction of sp³-hybridized carbons (Fsp3) is 0.125.